The second-order valence-electron chi connectivity index (χ2n) is 8.78. The largest absolute Gasteiger partial charge is 0.346 e. The predicted molar refractivity (Wildman–Crippen MR) is 104 cm³/mol. The molecule has 0 radical (unpaired) electrons. The Morgan fingerprint density at radius 2 is 1.96 bits per heavy atom. The van der Waals surface area contributed by atoms with Gasteiger partial charge in [-0.05, 0) is 61.8 Å². The van der Waals surface area contributed by atoms with Gasteiger partial charge in [-0.3, -0.25) is 15.6 Å². The molecule has 142 valence electrons. The number of nitrogens with one attached hydrogen (secondary N) is 2. The highest BCUT2D eigenvalue weighted by Gasteiger charge is 2.40. The standard InChI is InChI=1S/C22H33N3O/c1-25(22(26)14-19-13-16-9-10-18(19)12-16)11-5-8-20-15-21(24-23-20)17-6-3-2-4-7-17/h2-4,6-7,16,18-21,23-24H,5,8-15H2,1H3. The molecule has 2 aliphatic carbocycles. The molecular formula is C22H33N3O. The Labute approximate surface area is 157 Å². The first kappa shape index (κ1) is 18.0. The van der Waals surface area contributed by atoms with Crippen LogP contribution in [-0.2, 0) is 4.79 Å². The molecule has 0 aromatic heterocycles. The van der Waals surface area contributed by atoms with Crippen LogP contribution in [-0.4, -0.2) is 30.4 Å². The maximum Gasteiger partial charge on any atom is 0.222 e. The van der Waals surface area contributed by atoms with E-state index in [1.165, 1.54) is 31.2 Å². The van der Waals surface area contributed by atoms with Gasteiger partial charge in [-0.25, -0.2) is 0 Å². The number of rotatable bonds is 7. The Morgan fingerprint density at radius 1 is 1.12 bits per heavy atom. The molecule has 5 atom stereocenters. The number of nitrogens with zero attached hydrogens (tertiary/aromatic N) is 1. The van der Waals surface area contributed by atoms with Crippen molar-refractivity contribution in [2.75, 3.05) is 13.6 Å². The van der Waals surface area contributed by atoms with Crippen LogP contribution in [0.2, 0.25) is 0 Å². The van der Waals surface area contributed by atoms with Gasteiger partial charge < -0.3 is 4.90 Å². The highest BCUT2D eigenvalue weighted by atomic mass is 16.2. The van der Waals surface area contributed by atoms with Crippen molar-refractivity contribution in [2.24, 2.45) is 17.8 Å². The fourth-order valence-electron chi connectivity index (χ4n) is 5.42. The summed E-state index contributed by atoms with van der Waals surface area (Å²) in [5.74, 6) is 2.82. The van der Waals surface area contributed by atoms with Crippen LogP contribution >= 0.6 is 0 Å². The molecule has 1 amide bonds. The van der Waals surface area contributed by atoms with Crippen LogP contribution in [0.1, 0.15) is 63.0 Å². The van der Waals surface area contributed by atoms with E-state index in [9.17, 15) is 4.79 Å². The summed E-state index contributed by atoms with van der Waals surface area (Å²) in [5.41, 5.74) is 8.20. The molecule has 4 rings (SSSR count). The van der Waals surface area contributed by atoms with Gasteiger partial charge >= 0.3 is 0 Å². The number of hydrogen-bond acceptors (Lipinski definition) is 3. The Morgan fingerprint density at radius 3 is 2.69 bits per heavy atom. The van der Waals surface area contributed by atoms with Crippen molar-refractivity contribution in [3.05, 3.63) is 35.9 Å². The quantitative estimate of drug-likeness (QED) is 0.784. The van der Waals surface area contributed by atoms with Gasteiger partial charge in [-0.1, -0.05) is 36.8 Å². The molecule has 1 aliphatic heterocycles. The van der Waals surface area contributed by atoms with E-state index in [1.54, 1.807) is 0 Å². The first-order valence-electron chi connectivity index (χ1n) is 10.5. The molecule has 3 aliphatic rings. The average molecular weight is 356 g/mol. The summed E-state index contributed by atoms with van der Waals surface area (Å²) < 4.78 is 0. The molecule has 1 saturated heterocycles. The van der Waals surface area contributed by atoms with E-state index in [0.29, 0.717) is 23.9 Å². The fourth-order valence-corrected chi connectivity index (χ4v) is 5.42. The predicted octanol–water partition coefficient (Wildman–Crippen LogP) is 3.66. The summed E-state index contributed by atoms with van der Waals surface area (Å²) >= 11 is 0. The summed E-state index contributed by atoms with van der Waals surface area (Å²) in [6, 6.07) is 11.5. The van der Waals surface area contributed by atoms with Gasteiger partial charge in [0.25, 0.3) is 0 Å². The van der Waals surface area contributed by atoms with Gasteiger partial charge in [-0.2, -0.15) is 0 Å². The molecule has 2 saturated carbocycles. The molecule has 1 aromatic carbocycles. The van der Waals surface area contributed by atoms with Gasteiger partial charge in [0.05, 0.1) is 0 Å². The fraction of sp³-hybridized carbons (Fsp3) is 0.682. The van der Waals surface area contributed by atoms with Crippen molar-refractivity contribution in [1.29, 1.82) is 0 Å². The second-order valence-corrected chi connectivity index (χ2v) is 8.78. The lowest BCUT2D eigenvalue weighted by molar-refractivity contribution is -0.131. The zero-order chi connectivity index (χ0) is 17.9. The molecule has 26 heavy (non-hydrogen) atoms. The van der Waals surface area contributed by atoms with Crippen LogP contribution in [0.5, 0.6) is 0 Å². The first-order valence-corrected chi connectivity index (χ1v) is 10.5. The third kappa shape index (κ3) is 4.12. The highest BCUT2D eigenvalue weighted by Crippen LogP contribution is 2.49. The van der Waals surface area contributed by atoms with Gasteiger partial charge in [0.15, 0.2) is 0 Å². The van der Waals surface area contributed by atoms with Crippen molar-refractivity contribution in [1.82, 2.24) is 15.8 Å². The number of carbonyl (C=O) groups excluding carboxylic acids is 1. The molecule has 2 N–H and O–H groups in total. The summed E-state index contributed by atoms with van der Waals surface area (Å²) in [5, 5.41) is 0. The SMILES string of the molecule is CN(CCCC1CC(c2ccccc2)NN1)C(=O)CC1CC2CCC1C2. The van der Waals surface area contributed by atoms with Crippen molar-refractivity contribution < 1.29 is 4.79 Å². The van der Waals surface area contributed by atoms with Crippen molar-refractivity contribution in [3.8, 4) is 0 Å². The molecule has 1 heterocycles. The van der Waals surface area contributed by atoms with Gasteiger partial charge in [-0.15, -0.1) is 0 Å². The molecular weight excluding hydrogens is 322 g/mol. The number of benzene rings is 1. The second kappa shape index (κ2) is 8.10. The Balaban J connectivity index is 1.15. The van der Waals surface area contributed by atoms with E-state index in [4.69, 9.17) is 0 Å². The number of hydrazine groups is 1. The van der Waals surface area contributed by atoms with E-state index in [-0.39, 0.29) is 0 Å². The average Bonchev–Trinajstić information content (AvgIpc) is 3.39. The number of hydrogen-bond donors (Lipinski definition) is 2. The van der Waals surface area contributed by atoms with E-state index in [1.807, 2.05) is 11.9 Å². The smallest absolute Gasteiger partial charge is 0.222 e. The third-order valence-electron chi connectivity index (χ3n) is 6.98. The van der Waals surface area contributed by atoms with Gasteiger partial charge in [0.1, 0.15) is 0 Å². The van der Waals surface area contributed by atoms with Crippen LogP contribution in [0.15, 0.2) is 30.3 Å². The van der Waals surface area contributed by atoms with Gasteiger partial charge in [0, 0.05) is 32.1 Å². The topological polar surface area (TPSA) is 44.4 Å². The molecule has 5 unspecified atom stereocenters. The van der Waals surface area contributed by atoms with E-state index in [2.05, 4.69) is 41.2 Å². The first-order chi connectivity index (χ1) is 12.7. The Hall–Kier alpha value is -1.39. The van der Waals surface area contributed by atoms with Crippen molar-refractivity contribution in [2.45, 2.75) is 63.5 Å². The van der Waals surface area contributed by atoms with Gasteiger partial charge in [0.2, 0.25) is 5.91 Å². The third-order valence-corrected chi connectivity index (χ3v) is 6.98. The Kier molecular flexibility index (Phi) is 5.60. The highest BCUT2D eigenvalue weighted by molar-refractivity contribution is 5.76. The minimum atomic E-state index is 0.363. The normalized spacial score (nSPS) is 32.9. The lowest BCUT2D eigenvalue weighted by Crippen LogP contribution is -2.33. The summed E-state index contributed by atoms with van der Waals surface area (Å²) in [7, 11) is 1.99. The minimum Gasteiger partial charge on any atom is -0.346 e. The molecule has 0 spiro atoms. The van der Waals surface area contributed by atoms with E-state index < -0.39 is 0 Å². The number of amides is 1. The molecule has 2 bridgehead atoms. The maximum absolute atomic E-state index is 12.5. The maximum atomic E-state index is 12.5. The molecule has 4 heteroatoms. The summed E-state index contributed by atoms with van der Waals surface area (Å²) in [6.07, 6.45) is 9.58. The number of carbonyl (C=O) groups is 1. The van der Waals surface area contributed by atoms with Crippen LogP contribution < -0.4 is 10.9 Å². The van der Waals surface area contributed by atoms with E-state index >= 15 is 0 Å². The summed E-state index contributed by atoms with van der Waals surface area (Å²) in [6.45, 7) is 0.883. The summed E-state index contributed by atoms with van der Waals surface area (Å²) in [4.78, 5) is 14.5. The van der Waals surface area contributed by atoms with Crippen LogP contribution in [0, 0.1) is 17.8 Å². The van der Waals surface area contributed by atoms with Crippen molar-refractivity contribution >= 4 is 5.91 Å². The van der Waals surface area contributed by atoms with Crippen LogP contribution in [0.3, 0.4) is 0 Å². The molecule has 3 fully saturated rings. The van der Waals surface area contributed by atoms with Crippen LogP contribution in [0.25, 0.3) is 0 Å². The van der Waals surface area contributed by atoms with Crippen LogP contribution in [0.4, 0.5) is 0 Å². The number of fused-ring (bicyclic) bond motifs is 2. The monoisotopic (exact) mass is 355 g/mol. The lowest BCUT2D eigenvalue weighted by Gasteiger charge is -2.24. The minimum absolute atomic E-state index is 0.363. The lowest BCUT2D eigenvalue weighted by atomic mass is 9.86. The molecule has 1 aromatic rings. The Bertz CT molecular complexity index is 605. The van der Waals surface area contributed by atoms with E-state index in [0.717, 1.165) is 44.1 Å². The zero-order valence-electron chi connectivity index (χ0n) is 16.0. The zero-order valence-corrected chi connectivity index (χ0v) is 16.0. The van der Waals surface area contributed by atoms with Crippen molar-refractivity contribution in [3.63, 3.8) is 0 Å². The molecule has 4 nitrogen and oxygen atoms in total.